The lowest BCUT2D eigenvalue weighted by Gasteiger charge is -2.29. The molecule has 1 aromatic carbocycles. The van der Waals surface area contributed by atoms with Crippen LogP contribution in [0.5, 0.6) is 5.88 Å². The minimum absolute atomic E-state index is 0.00160. The van der Waals surface area contributed by atoms with E-state index in [1.54, 1.807) is 6.20 Å². The van der Waals surface area contributed by atoms with Crippen LogP contribution in [0, 0.1) is 18.6 Å². The Kier molecular flexibility index (Phi) is 6.06. The maximum atomic E-state index is 13.2. The fourth-order valence-electron chi connectivity index (χ4n) is 3.20. The standard InChI is InChI=1S/C19H22F2N2O3S/c1-13-2-7-19(22-11-13)26-18-5-3-17(4-6-18)23-27(24,25)12-14-8-15(20)10-16(21)9-14/h2,7-11,17-18,23H,3-6,12H2,1H3. The van der Waals surface area contributed by atoms with Gasteiger partial charge in [-0.3, -0.25) is 0 Å². The molecular weight excluding hydrogens is 374 g/mol. The van der Waals surface area contributed by atoms with Crippen molar-refractivity contribution in [3.8, 4) is 5.88 Å². The number of hydrogen-bond donors (Lipinski definition) is 1. The van der Waals surface area contributed by atoms with E-state index in [2.05, 4.69) is 9.71 Å². The van der Waals surface area contributed by atoms with Crippen molar-refractivity contribution in [3.63, 3.8) is 0 Å². The minimum Gasteiger partial charge on any atom is -0.474 e. The van der Waals surface area contributed by atoms with Gasteiger partial charge in [0.05, 0.1) is 5.75 Å². The maximum Gasteiger partial charge on any atom is 0.216 e. The molecule has 1 saturated carbocycles. The fraction of sp³-hybridized carbons (Fsp3) is 0.421. The third kappa shape index (κ3) is 5.97. The highest BCUT2D eigenvalue weighted by Gasteiger charge is 2.26. The molecule has 0 saturated heterocycles. The van der Waals surface area contributed by atoms with E-state index in [-0.39, 0.29) is 17.7 Å². The Morgan fingerprint density at radius 2 is 1.78 bits per heavy atom. The average Bonchev–Trinajstić information content (AvgIpc) is 2.57. The first-order valence-corrected chi connectivity index (χ1v) is 10.5. The molecule has 0 unspecified atom stereocenters. The summed E-state index contributed by atoms with van der Waals surface area (Å²) in [6.07, 6.45) is 4.41. The summed E-state index contributed by atoms with van der Waals surface area (Å²) in [4.78, 5) is 4.22. The van der Waals surface area contributed by atoms with Crippen molar-refractivity contribution >= 4 is 10.0 Å². The van der Waals surface area contributed by atoms with Gasteiger partial charge in [-0.15, -0.1) is 0 Å². The van der Waals surface area contributed by atoms with Gasteiger partial charge in [-0.2, -0.15) is 0 Å². The highest BCUT2D eigenvalue weighted by atomic mass is 32.2. The highest BCUT2D eigenvalue weighted by molar-refractivity contribution is 7.88. The van der Waals surface area contributed by atoms with Gasteiger partial charge >= 0.3 is 0 Å². The second-order valence-electron chi connectivity index (χ2n) is 6.92. The number of benzene rings is 1. The third-order valence-electron chi connectivity index (χ3n) is 4.47. The van der Waals surface area contributed by atoms with E-state index < -0.39 is 27.4 Å². The molecule has 1 aromatic heterocycles. The summed E-state index contributed by atoms with van der Waals surface area (Å²) in [5.41, 5.74) is 1.14. The third-order valence-corrected chi connectivity index (χ3v) is 5.88. The summed E-state index contributed by atoms with van der Waals surface area (Å²) < 4.78 is 59.5. The molecular formula is C19H22F2N2O3S. The molecule has 2 aromatic rings. The molecule has 0 atom stereocenters. The van der Waals surface area contributed by atoms with E-state index >= 15 is 0 Å². The molecule has 3 rings (SSSR count). The Bertz CT molecular complexity index is 860. The van der Waals surface area contributed by atoms with Gasteiger partial charge in [0, 0.05) is 24.4 Å². The molecule has 8 heteroatoms. The number of sulfonamides is 1. The van der Waals surface area contributed by atoms with Gasteiger partial charge in [0.2, 0.25) is 15.9 Å². The number of hydrogen-bond acceptors (Lipinski definition) is 4. The summed E-state index contributed by atoms with van der Waals surface area (Å²) >= 11 is 0. The van der Waals surface area contributed by atoms with Crippen molar-refractivity contribution < 1.29 is 21.9 Å². The summed E-state index contributed by atoms with van der Waals surface area (Å²) in [7, 11) is -3.69. The van der Waals surface area contributed by atoms with Crippen molar-refractivity contribution in [1.29, 1.82) is 0 Å². The van der Waals surface area contributed by atoms with Crippen LogP contribution >= 0.6 is 0 Å². The lowest BCUT2D eigenvalue weighted by molar-refractivity contribution is 0.138. The van der Waals surface area contributed by atoms with E-state index in [0.717, 1.165) is 17.7 Å². The molecule has 5 nitrogen and oxygen atoms in total. The summed E-state index contributed by atoms with van der Waals surface area (Å²) in [5.74, 6) is -1.46. The molecule has 1 N–H and O–H groups in total. The number of nitrogens with zero attached hydrogens (tertiary/aromatic N) is 1. The molecule has 0 amide bonds. The van der Waals surface area contributed by atoms with Crippen molar-refractivity contribution in [1.82, 2.24) is 9.71 Å². The van der Waals surface area contributed by atoms with Gasteiger partial charge in [0.1, 0.15) is 17.7 Å². The van der Waals surface area contributed by atoms with Gasteiger partial charge in [0.25, 0.3) is 0 Å². The van der Waals surface area contributed by atoms with Crippen LogP contribution in [0.25, 0.3) is 0 Å². The van der Waals surface area contributed by atoms with E-state index in [1.807, 2.05) is 19.1 Å². The van der Waals surface area contributed by atoms with Crippen LogP contribution in [0.2, 0.25) is 0 Å². The van der Waals surface area contributed by atoms with Crippen LogP contribution in [-0.4, -0.2) is 25.5 Å². The van der Waals surface area contributed by atoms with Gasteiger partial charge in [-0.05, 0) is 55.9 Å². The summed E-state index contributed by atoms with van der Waals surface area (Å²) in [5, 5.41) is 0. The summed E-state index contributed by atoms with van der Waals surface area (Å²) in [6.45, 7) is 1.95. The Morgan fingerprint density at radius 1 is 1.11 bits per heavy atom. The quantitative estimate of drug-likeness (QED) is 0.812. The summed E-state index contributed by atoms with van der Waals surface area (Å²) in [6, 6.07) is 6.32. The minimum atomic E-state index is -3.69. The van der Waals surface area contributed by atoms with Crippen molar-refractivity contribution in [2.75, 3.05) is 0 Å². The van der Waals surface area contributed by atoms with Crippen LogP contribution in [0.3, 0.4) is 0 Å². The lowest BCUT2D eigenvalue weighted by Crippen LogP contribution is -2.40. The Labute approximate surface area is 157 Å². The number of aryl methyl sites for hydroxylation is 1. The van der Waals surface area contributed by atoms with Crippen LogP contribution in [0.1, 0.15) is 36.8 Å². The normalized spacial score (nSPS) is 20.4. The van der Waals surface area contributed by atoms with Crippen LogP contribution in [-0.2, 0) is 15.8 Å². The topological polar surface area (TPSA) is 68.3 Å². The first kappa shape index (κ1) is 19.7. The zero-order valence-corrected chi connectivity index (χ0v) is 15.8. The number of nitrogens with one attached hydrogen (secondary N) is 1. The zero-order chi connectivity index (χ0) is 19.4. The highest BCUT2D eigenvalue weighted by Crippen LogP contribution is 2.24. The molecule has 0 radical (unpaired) electrons. The first-order valence-electron chi connectivity index (χ1n) is 8.83. The van der Waals surface area contributed by atoms with Crippen LogP contribution in [0.15, 0.2) is 36.5 Å². The fourth-order valence-corrected chi connectivity index (χ4v) is 4.63. The largest absolute Gasteiger partial charge is 0.474 e. The van der Waals surface area contributed by atoms with E-state index in [4.69, 9.17) is 4.74 Å². The zero-order valence-electron chi connectivity index (χ0n) is 15.0. The Balaban J connectivity index is 1.51. The molecule has 1 fully saturated rings. The molecule has 1 aliphatic rings. The monoisotopic (exact) mass is 396 g/mol. The van der Waals surface area contributed by atoms with Crippen LogP contribution < -0.4 is 9.46 Å². The Morgan fingerprint density at radius 3 is 2.37 bits per heavy atom. The molecule has 0 spiro atoms. The van der Waals surface area contributed by atoms with E-state index in [9.17, 15) is 17.2 Å². The second-order valence-corrected chi connectivity index (χ2v) is 8.67. The van der Waals surface area contributed by atoms with Crippen molar-refractivity contribution in [3.05, 3.63) is 59.3 Å². The molecule has 0 aliphatic heterocycles. The number of ether oxygens (including phenoxy) is 1. The van der Waals surface area contributed by atoms with Gasteiger partial charge < -0.3 is 4.74 Å². The number of aromatic nitrogens is 1. The molecule has 1 heterocycles. The number of halogens is 2. The predicted octanol–water partition coefficient (Wildman–Crippen LogP) is 3.48. The average molecular weight is 396 g/mol. The SMILES string of the molecule is Cc1ccc(OC2CCC(NS(=O)(=O)Cc3cc(F)cc(F)c3)CC2)nc1. The second kappa shape index (κ2) is 8.31. The van der Waals surface area contributed by atoms with Gasteiger partial charge in [-0.1, -0.05) is 6.07 Å². The van der Waals surface area contributed by atoms with Crippen LogP contribution in [0.4, 0.5) is 8.78 Å². The predicted molar refractivity (Wildman–Crippen MR) is 97.8 cm³/mol. The van der Waals surface area contributed by atoms with Crippen molar-refractivity contribution in [2.24, 2.45) is 0 Å². The molecule has 146 valence electrons. The Hall–Kier alpha value is -2.06. The van der Waals surface area contributed by atoms with Gasteiger partial charge in [0.15, 0.2) is 0 Å². The first-order chi connectivity index (χ1) is 12.8. The van der Waals surface area contributed by atoms with Gasteiger partial charge in [-0.25, -0.2) is 26.9 Å². The van der Waals surface area contributed by atoms with E-state index in [0.29, 0.717) is 37.6 Å². The molecule has 0 bridgehead atoms. The number of rotatable bonds is 6. The number of pyridine rings is 1. The maximum absolute atomic E-state index is 13.2. The van der Waals surface area contributed by atoms with Crippen molar-refractivity contribution in [2.45, 2.75) is 50.5 Å². The smallest absolute Gasteiger partial charge is 0.216 e. The molecule has 27 heavy (non-hydrogen) atoms. The lowest BCUT2D eigenvalue weighted by atomic mass is 9.94. The van der Waals surface area contributed by atoms with E-state index in [1.165, 1.54) is 0 Å². The molecule has 1 aliphatic carbocycles.